The molecule has 22 heavy (non-hydrogen) atoms. The molecule has 3 nitrogen and oxygen atoms in total. The van der Waals surface area contributed by atoms with Crippen molar-refractivity contribution in [2.45, 2.75) is 0 Å². The Morgan fingerprint density at radius 1 is 1.27 bits per heavy atom. The first kappa shape index (κ1) is 15.2. The third kappa shape index (κ3) is 3.21. The smallest absolute Gasteiger partial charge is 0.267 e. The SMILES string of the molecule is O=C1/C(=C\c2cccs2)SC(=S)N1CNc1ccccc1F. The lowest BCUT2D eigenvalue weighted by molar-refractivity contribution is -0.121. The van der Waals surface area contributed by atoms with Crippen LogP contribution in [0.4, 0.5) is 10.1 Å². The van der Waals surface area contributed by atoms with E-state index in [1.54, 1.807) is 29.5 Å². The third-order valence-corrected chi connectivity index (χ3v) is 5.19. The first-order chi connectivity index (χ1) is 10.6. The fourth-order valence-electron chi connectivity index (χ4n) is 1.91. The third-order valence-electron chi connectivity index (χ3n) is 2.99. The van der Waals surface area contributed by atoms with Gasteiger partial charge in [0.2, 0.25) is 0 Å². The number of nitrogens with zero attached hydrogens (tertiary/aromatic N) is 1. The Kier molecular flexibility index (Phi) is 4.56. The minimum absolute atomic E-state index is 0.146. The summed E-state index contributed by atoms with van der Waals surface area (Å²) in [5.74, 6) is -0.519. The van der Waals surface area contributed by atoms with E-state index in [0.717, 1.165) is 4.88 Å². The predicted octanol–water partition coefficient (Wildman–Crippen LogP) is 4.16. The topological polar surface area (TPSA) is 32.3 Å². The number of rotatable bonds is 4. The summed E-state index contributed by atoms with van der Waals surface area (Å²) in [5, 5.41) is 4.85. The number of hydrogen-bond donors (Lipinski definition) is 1. The average molecular weight is 350 g/mol. The molecule has 1 aliphatic rings. The first-order valence-electron chi connectivity index (χ1n) is 6.42. The van der Waals surface area contributed by atoms with Crippen LogP contribution in [0.3, 0.4) is 0 Å². The minimum atomic E-state index is -0.359. The molecule has 1 aromatic carbocycles. The molecule has 1 N–H and O–H groups in total. The van der Waals surface area contributed by atoms with E-state index < -0.39 is 0 Å². The number of carbonyl (C=O) groups excluding carboxylic acids is 1. The maximum atomic E-state index is 13.6. The van der Waals surface area contributed by atoms with Gasteiger partial charge in [0.15, 0.2) is 0 Å². The maximum absolute atomic E-state index is 13.6. The summed E-state index contributed by atoms with van der Waals surface area (Å²) in [7, 11) is 0. The van der Waals surface area contributed by atoms with Crippen LogP contribution >= 0.6 is 35.3 Å². The number of thiophene rings is 1. The Bertz CT molecular complexity index is 743. The lowest BCUT2D eigenvalue weighted by Crippen LogP contribution is -2.33. The first-order valence-corrected chi connectivity index (χ1v) is 8.53. The van der Waals surface area contributed by atoms with Crippen molar-refractivity contribution in [3.63, 3.8) is 0 Å². The lowest BCUT2D eigenvalue weighted by atomic mass is 10.3. The summed E-state index contributed by atoms with van der Waals surface area (Å²) in [5.41, 5.74) is 0.346. The number of thioether (sulfide) groups is 1. The average Bonchev–Trinajstić information content (AvgIpc) is 3.09. The highest BCUT2D eigenvalue weighted by Crippen LogP contribution is 2.33. The second-order valence-electron chi connectivity index (χ2n) is 4.44. The van der Waals surface area contributed by atoms with Crippen LogP contribution in [0.1, 0.15) is 4.88 Å². The van der Waals surface area contributed by atoms with Gasteiger partial charge in [-0.15, -0.1) is 11.3 Å². The van der Waals surface area contributed by atoms with Crippen LogP contribution in [-0.2, 0) is 4.79 Å². The van der Waals surface area contributed by atoms with Gasteiger partial charge in [0, 0.05) is 4.88 Å². The summed E-state index contributed by atoms with van der Waals surface area (Å²) in [6.45, 7) is 0.146. The Morgan fingerprint density at radius 2 is 2.09 bits per heavy atom. The van der Waals surface area contributed by atoms with Crippen LogP contribution in [0.2, 0.25) is 0 Å². The number of anilines is 1. The number of amides is 1. The Morgan fingerprint density at radius 3 is 2.82 bits per heavy atom. The number of thiocarbonyl (C=S) groups is 1. The van der Waals surface area contributed by atoms with Gasteiger partial charge in [-0.3, -0.25) is 9.69 Å². The van der Waals surface area contributed by atoms with Gasteiger partial charge in [0.1, 0.15) is 10.1 Å². The zero-order valence-corrected chi connectivity index (χ0v) is 13.7. The Labute approximate surface area is 140 Å². The summed E-state index contributed by atoms with van der Waals surface area (Å²) < 4.78 is 14.0. The molecular formula is C15H11FN2OS3. The van der Waals surface area contributed by atoms with Gasteiger partial charge in [0.05, 0.1) is 17.3 Å². The van der Waals surface area contributed by atoms with E-state index in [-0.39, 0.29) is 18.4 Å². The fourth-order valence-corrected chi connectivity index (χ4v) is 3.89. The van der Waals surface area contributed by atoms with Crippen LogP contribution in [0, 0.1) is 5.82 Å². The van der Waals surface area contributed by atoms with E-state index in [4.69, 9.17) is 12.2 Å². The molecule has 0 unspecified atom stereocenters. The summed E-state index contributed by atoms with van der Waals surface area (Å²) in [6, 6.07) is 10.2. The van der Waals surface area contributed by atoms with Gasteiger partial charge in [-0.1, -0.05) is 42.2 Å². The van der Waals surface area contributed by atoms with Gasteiger partial charge in [0.25, 0.3) is 5.91 Å². The second-order valence-corrected chi connectivity index (χ2v) is 7.09. The van der Waals surface area contributed by atoms with E-state index in [2.05, 4.69) is 5.32 Å². The molecule has 1 aromatic heterocycles. The summed E-state index contributed by atoms with van der Waals surface area (Å²) in [4.78, 5) is 15.4. The van der Waals surface area contributed by atoms with E-state index in [9.17, 15) is 9.18 Å². The molecule has 0 radical (unpaired) electrons. The molecule has 112 valence electrons. The molecule has 3 rings (SSSR count). The van der Waals surface area contributed by atoms with Crippen molar-refractivity contribution in [2.75, 3.05) is 12.0 Å². The van der Waals surface area contributed by atoms with E-state index in [1.165, 1.54) is 22.7 Å². The van der Waals surface area contributed by atoms with E-state index >= 15 is 0 Å². The number of halogens is 1. The van der Waals surface area contributed by atoms with Gasteiger partial charge in [-0.2, -0.15) is 0 Å². The molecule has 2 aromatic rings. The van der Waals surface area contributed by atoms with E-state index in [1.807, 2.05) is 23.6 Å². The van der Waals surface area contributed by atoms with Crippen LogP contribution < -0.4 is 5.32 Å². The molecule has 1 aliphatic heterocycles. The number of benzene rings is 1. The van der Waals surface area contributed by atoms with Gasteiger partial charge >= 0.3 is 0 Å². The van der Waals surface area contributed by atoms with Gasteiger partial charge in [-0.05, 0) is 29.7 Å². The van der Waals surface area contributed by atoms with Gasteiger partial charge < -0.3 is 5.32 Å². The molecular weight excluding hydrogens is 339 g/mol. The molecule has 0 atom stereocenters. The zero-order chi connectivity index (χ0) is 15.5. The predicted molar refractivity (Wildman–Crippen MR) is 94.2 cm³/mol. The van der Waals surface area contributed by atoms with Crippen LogP contribution in [0.25, 0.3) is 6.08 Å². The van der Waals surface area contributed by atoms with Crippen molar-refractivity contribution in [3.8, 4) is 0 Å². The summed E-state index contributed by atoms with van der Waals surface area (Å²) in [6.07, 6.45) is 1.83. The molecule has 1 fully saturated rings. The Balaban J connectivity index is 1.71. The number of carbonyl (C=O) groups is 1. The molecule has 2 heterocycles. The maximum Gasteiger partial charge on any atom is 0.267 e. The van der Waals surface area contributed by atoms with Crippen LogP contribution in [0.5, 0.6) is 0 Å². The van der Waals surface area contributed by atoms with Gasteiger partial charge in [-0.25, -0.2) is 4.39 Å². The van der Waals surface area contributed by atoms with Crippen molar-refractivity contribution in [1.29, 1.82) is 0 Å². The number of nitrogens with one attached hydrogen (secondary N) is 1. The van der Waals surface area contributed by atoms with E-state index in [0.29, 0.717) is 14.9 Å². The quantitative estimate of drug-likeness (QED) is 0.663. The van der Waals surface area contributed by atoms with Crippen LogP contribution in [-0.4, -0.2) is 21.8 Å². The molecule has 0 aliphatic carbocycles. The van der Waals surface area contributed by atoms with Crippen LogP contribution in [0.15, 0.2) is 46.7 Å². The van der Waals surface area contributed by atoms with Crippen molar-refractivity contribution < 1.29 is 9.18 Å². The summed E-state index contributed by atoms with van der Waals surface area (Å²) >= 11 is 8.05. The fraction of sp³-hybridized carbons (Fsp3) is 0.0667. The molecule has 7 heteroatoms. The normalized spacial score (nSPS) is 16.6. The highest BCUT2D eigenvalue weighted by Gasteiger charge is 2.31. The largest absolute Gasteiger partial charge is 0.365 e. The second kappa shape index (κ2) is 6.60. The number of hydrogen-bond acceptors (Lipinski definition) is 5. The van der Waals surface area contributed by atoms with Crippen molar-refractivity contribution in [1.82, 2.24) is 4.90 Å². The standard InChI is InChI=1S/C15H11FN2OS3/c16-11-5-1-2-6-12(11)17-9-18-14(19)13(22-15(18)20)8-10-4-3-7-21-10/h1-8,17H,9H2/b13-8+. The lowest BCUT2D eigenvalue weighted by Gasteiger charge is -2.16. The molecule has 0 spiro atoms. The van der Waals surface area contributed by atoms with Crippen molar-refractivity contribution in [3.05, 3.63) is 57.4 Å². The molecule has 1 amide bonds. The van der Waals surface area contributed by atoms with Crippen molar-refractivity contribution in [2.24, 2.45) is 0 Å². The number of para-hydroxylation sites is 1. The highest BCUT2D eigenvalue weighted by molar-refractivity contribution is 8.26. The molecule has 0 saturated carbocycles. The zero-order valence-electron chi connectivity index (χ0n) is 11.3. The minimum Gasteiger partial charge on any atom is -0.365 e. The highest BCUT2D eigenvalue weighted by atomic mass is 32.2. The monoisotopic (exact) mass is 350 g/mol. The Hall–Kier alpha value is -1.70. The molecule has 0 bridgehead atoms. The molecule has 1 saturated heterocycles. The van der Waals surface area contributed by atoms with Crippen molar-refractivity contribution >= 4 is 57.3 Å².